The molecule has 2 rings (SSSR count). The summed E-state index contributed by atoms with van der Waals surface area (Å²) in [4.78, 5) is 11.6. The number of halogens is 2. The zero-order valence-corrected chi connectivity index (χ0v) is 12.4. The van der Waals surface area contributed by atoms with Crippen molar-refractivity contribution >= 4 is 29.1 Å². The second kappa shape index (κ2) is 7.36. The Morgan fingerprint density at radius 3 is 2.86 bits per heavy atom. The van der Waals surface area contributed by atoms with Crippen LogP contribution in [0.2, 0.25) is 10.0 Å². The number of hydrogen-bond donors (Lipinski definition) is 2. The van der Waals surface area contributed by atoms with Gasteiger partial charge in [-0.2, -0.15) is 0 Å². The summed E-state index contributed by atoms with van der Waals surface area (Å²) in [5, 5.41) is 13.1. The predicted octanol–water partition coefficient (Wildman–Crippen LogP) is 2.82. The van der Waals surface area contributed by atoms with E-state index >= 15 is 0 Å². The van der Waals surface area contributed by atoms with E-state index in [-0.39, 0.29) is 19.1 Å². The Balaban J connectivity index is 1.77. The third-order valence-corrected chi connectivity index (χ3v) is 3.15. The molecule has 21 heavy (non-hydrogen) atoms. The van der Waals surface area contributed by atoms with Crippen molar-refractivity contribution in [2.75, 3.05) is 13.2 Å². The van der Waals surface area contributed by atoms with Crippen LogP contribution in [0.5, 0.6) is 5.75 Å². The van der Waals surface area contributed by atoms with Gasteiger partial charge in [-0.1, -0.05) is 23.2 Å². The van der Waals surface area contributed by atoms with Gasteiger partial charge in [0.15, 0.2) is 6.61 Å². The topological polar surface area (TPSA) is 71.7 Å². The number of aliphatic hydroxyl groups is 1. The van der Waals surface area contributed by atoms with E-state index in [4.69, 9.17) is 32.4 Å². The third kappa shape index (κ3) is 4.67. The van der Waals surface area contributed by atoms with E-state index in [0.29, 0.717) is 21.6 Å². The van der Waals surface area contributed by atoms with Crippen LogP contribution in [0.25, 0.3) is 0 Å². The van der Waals surface area contributed by atoms with Crippen molar-refractivity contribution in [3.8, 4) is 5.75 Å². The number of ether oxygens (including phenoxy) is 1. The second-order valence-electron chi connectivity index (χ2n) is 4.20. The Morgan fingerprint density at radius 1 is 1.38 bits per heavy atom. The summed E-state index contributed by atoms with van der Waals surface area (Å²) < 4.78 is 10.3. The van der Waals surface area contributed by atoms with Gasteiger partial charge >= 0.3 is 0 Å². The van der Waals surface area contributed by atoms with Gasteiger partial charge in [-0.25, -0.2) is 0 Å². The first-order chi connectivity index (χ1) is 10.1. The van der Waals surface area contributed by atoms with Gasteiger partial charge in [0.2, 0.25) is 0 Å². The summed E-state index contributed by atoms with van der Waals surface area (Å²) in [5.41, 5.74) is 0. The molecule has 0 saturated heterocycles. The van der Waals surface area contributed by atoms with Crippen LogP contribution in [0.15, 0.2) is 41.0 Å². The Kier molecular flexibility index (Phi) is 5.50. The third-order valence-electron chi connectivity index (χ3n) is 2.62. The molecule has 0 fully saturated rings. The van der Waals surface area contributed by atoms with Gasteiger partial charge in [-0.05, 0) is 30.3 Å². The molecule has 1 aromatic heterocycles. The molecule has 0 saturated carbocycles. The van der Waals surface area contributed by atoms with Crippen molar-refractivity contribution in [3.63, 3.8) is 0 Å². The highest BCUT2D eigenvalue weighted by molar-refractivity contribution is 6.35. The Hall–Kier alpha value is -1.69. The fourth-order valence-electron chi connectivity index (χ4n) is 1.58. The van der Waals surface area contributed by atoms with Crippen LogP contribution >= 0.6 is 23.2 Å². The molecule has 2 N–H and O–H groups in total. The van der Waals surface area contributed by atoms with Crippen LogP contribution in [0, 0.1) is 0 Å². The first-order valence-corrected chi connectivity index (χ1v) is 6.88. The van der Waals surface area contributed by atoms with E-state index in [0.717, 1.165) is 0 Å². The van der Waals surface area contributed by atoms with E-state index in [1.807, 2.05) is 0 Å². The van der Waals surface area contributed by atoms with Crippen molar-refractivity contribution < 1.29 is 19.1 Å². The molecule has 2 aromatic rings. The first kappa shape index (κ1) is 15.7. The molecule has 1 aromatic carbocycles. The minimum absolute atomic E-state index is 0.0318. The quantitative estimate of drug-likeness (QED) is 0.854. The number of carbonyl (C=O) groups is 1. The number of hydrogen-bond acceptors (Lipinski definition) is 4. The van der Waals surface area contributed by atoms with Crippen LogP contribution in [0.4, 0.5) is 0 Å². The number of amides is 1. The van der Waals surface area contributed by atoms with Gasteiger partial charge in [-0.15, -0.1) is 0 Å². The molecule has 0 aliphatic carbocycles. The highest BCUT2D eigenvalue weighted by atomic mass is 35.5. The van der Waals surface area contributed by atoms with E-state index < -0.39 is 6.10 Å². The standard InChI is InChI=1S/C14H13Cl2NO4/c15-9-3-4-12(10(16)6-9)21-8-14(19)17-7-11(18)13-2-1-5-20-13/h1-6,11,18H,7-8H2,(H,17,19). The van der Waals surface area contributed by atoms with Crippen LogP contribution in [-0.2, 0) is 4.79 Å². The number of rotatable bonds is 6. The van der Waals surface area contributed by atoms with Crippen molar-refractivity contribution in [1.82, 2.24) is 5.32 Å². The van der Waals surface area contributed by atoms with Crippen LogP contribution in [0.3, 0.4) is 0 Å². The number of benzene rings is 1. The number of nitrogens with one attached hydrogen (secondary N) is 1. The van der Waals surface area contributed by atoms with Crippen molar-refractivity contribution in [3.05, 3.63) is 52.4 Å². The van der Waals surface area contributed by atoms with Crippen molar-refractivity contribution in [2.24, 2.45) is 0 Å². The number of furan rings is 1. The predicted molar refractivity (Wildman–Crippen MR) is 78.6 cm³/mol. The zero-order chi connectivity index (χ0) is 15.2. The Labute approximate surface area is 131 Å². The highest BCUT2D eigenvalue weighted by Gasteiger charge is 2.12. The lowest BCUT2D eigenvalue weighted by Gasteiger charge is -2.11. The largest absolute Gasteiger partial charge is 0.482 e. The Morgan fingerprint density at radius 2 is 2.19 bits per heavy atom. The molecule has 1 heterocycles. The molecule has 0 radical (unpaired) electrons. The van der Waals surface area contributed by atoms with Gasteiger partial charge in [0.05, 0.1) is 17.8 Å². The molecular formula is C14H13Cl2NO4. The maximum atomic E-state index is 11.6. The summed E-state index contributed by atoms with van der Waals surface area (Å²) in [7, 11) is 0. The van der Waals surface area contributed by atoms with Gasteiger partial charge < -0.3 is 19.6 Å². The highest BCUT2D eigenvalue weighted by Crippen LogP contribution is 2.27. The number of aliphatic hydroxyl groups excluding tert-OH is 1. The van der Waals surface area contributed by atoms with Crippen molar-refractivity contribution in [1.29, 1.82) is 0 Å². The molecule has 0 spiro atoms. The Bertz CT molecular complexity index is 601. The molecule has 0 aliphatic rings. The molecule has 1 atom stereocenters. The molecule has 1 amide bonds. The maximum Gasteiger partial charge on any atom is 0.258 e. The average Bonchev–Trinajstić information content (AvgIpc) is 2.98. The van der Waals surface area contributed by atoms with Crippen LogP contribution < -0.4 is 10.1 Å². The SMILES string of the molecule is O=C(COc1ccc(Cl)cc1Cl)NCC(O)c1ccco1. The summed E-state index contributed by atoms with van der Waals surface area (Å²) in [6, 6.07) is 8.00. The van der Waals surface area contributed by atoms with Gasteiger partial charge in [0.25, 0.3) is 5.91 Å². The number of carbonyl (C=O) groups excluding carboxylic acids is 1. The molecule has 5 nitrogen and oxygen atoms in total. The molecule has 112 valence electrons. The van der Waals surface area contributed by atoms with Gasteiger partial charge in [-0.3, -0.25) is 4.79 Å². The summed E-state index contributed by atoms with van der Waals surface area (Å²) >= 11 is 11.7. The molecule has 0 bridgehead atoms. The summed E-state index contributed by atoms with van der Waals surface area (Å²) in [5.74, 6) is 0.367. The smallest absolute Gasteiger partial charge is 0.258 e. The van der Waals surface area contributed by atoms with Crippen molar-refractivity contribution in [2.45, 2.75) is 6.10 Å². The summed E-state index contributed by atoms with van der Waals surface area (Å²) in [6.45, 7) is -0.184. The van der Waals surface area contributed by atoms with E-state index in [9.17, 15) is 9.90 Å². The fraction of sp³-hybridized carbons (Fsp3) is 0.214. The minimum atomic E-state index is -0.900. The summed E-state index contributed by atoms with van der Waals surface area (Å²) in [6.07, 6.45) is 0.550. The lowest BCUT2D eigenvalue weighted by atomic mass is 10.3. The lowest BCUT2D eigenvalue weighted by molar-refractivity contribution is -0.123. The normalized spacial score (nSPS) is 12.0. The van der Waals surface area contributed by atoms with E-state index in [1.54, 1.807) is 24.3 Å². The van der Waals surface area contributed by atoms with Gasteiger partial charge in [0, 0.05) is 5.02 Å². The maximum absolute atomic E-state index is 11.6. The zero-order valence-electron chi connectivity index (χ0n) is 10.9. The minimum Gasteiger partial charge on any atom is -0.482 e. The molecule has 0 aliphatic heterocycles. The first-order valence-electron chi connectivity index (χ1n) is 6.12. The van der Waals surface area contributed by atoms with E-state index in [1.165, 1.54) is 12.3 Å². The van der Waals surface area contributed by atoms with Gasteiger partial charge in [0.1, 0.15) is 17.6 Å². The monoisotopic (exact) mass is 329 g/mol. The second-order valence-corrected chi connectivity index (χ2v) is 5.04. The fourth-order valence-corrected chi connectivity index (χ4v) is 2.04. The molecule has 1 unspecified atom stereocenters. The van der Waals surface area contributed by atoms with Crippen LogP contribution in [-0.4, -0.2) is 24.2 Å². The molecule has 7 heteroatoms. The molecular weight excluding hydrogens is 317 g/mol. The van der Waals surface area contributed by atoms with Crippen LogP contribution in [0.1, 0.15) is 11.9 Å². The van der Waals surface area contributed by atoms with E-state index in [2.05, 4.69) is 5.32 Å². The lowest BCUT2D eigenvalue weighted by Crippen LogP contribution is -2.32. The average molecular weight is 330 g/mol.